The maximum atomic E-state index is 11.5. The SMILES string of the molecule is Cc1noc(CCNC(=O)NCc2cccnc2)n1. The Labute approximate surface area is 110 Å². The third-order valence-electron chi connectivity index (χ3n) is 2.37. The second kappa shape index (κ2) is 6.48. The lowest BCUT2D eigenvalue weighted by Crippen LogP contribution is -2.36. The van der Waals surface area contributed by atoms with Gasteiger partial charge in [0.05, 0.1) is 0 Å². The maximum Gasteiger partial charge on any atom is 0.315 e. The second-order valence-electron chi connectivity index (χ2n) is 3.96. The van der Waals surface area contributed by atoms with E-state index in [-0.39, 0.29) is 6.03 Å². The Kier molecular flexibility index (Phi) is 4.44. The van der Waals surface area contributed by atoms with E-state index in [9.17, 15) is 4.79 Å². The van der Waals surface area contributed by atoms with E-state index in [0.717, 1.165) is 5.56 Å². The van der Waals surface area contributed by atoms with E-state index in [4.69, 9.17) is 4.52 Å². The molecule has 0 aliphatic heterocycles. The van der Waals surface area contributed by atoms with E-state index in [1.54, 1.807) is 19.3 Å². The lowest BCUT2D eigenvalue weighted by Gasteiger charge is -2.06. The van der Waals surface area contributed by atoms with Crippen molar-refractivity contribution in [2.75, 3.05) is 6.54 Å². The molecule has 100 valence electrons. The number of nitrogens with one attached hydrogen (secondary N) is 2. The first kappa shape index (κ1) is 13.0. The summed E-state index contributed by atoms with van der Waals surface area (Å²) < 4.78 is 4.93. The van der Waals surface area contributed by atoms with Crippen LogP contribution in [0, 0.1) is 6.92 Å². The van der Waals surface area contributed by atoms with Crippen molar-refractivity contribution in [2.45, 2.75) is 19.9 Å². The molecule has 2 amide bonds. The fraction of sp³-hybridized carbons (Fsp3) is 0.333. The number of hydrogen-bond donors (Lipinski definition) is 2. The summed E-state index contributed by atoms with van der Waals surface area (Å²) in [6, 6.07) is 3.49. The molecule has 2 rings (SSSR count). The van der Waals surface area contributed by atoms with Gasteiger partial charge in [-0.2, -0.15) is 4.98 Å². The van der Waals surface area contributed by atoms with Crippen molar-refractivity contribution in [3.63, 3.8) is 0 Å². The molecule has 7 heteroatoms. The highest BCUT2D eigenvalue weighted by atomic mass is 16.5. The molecule has 7 nitrogen and oxygen atoms in total. The van der Waals surface area contributed by atoms with Crippen molar-refractivity contribution >= 4 is 6.03 Å². The minimum absolute atomic E-state index is 0.236. The van der Waals surface area contributed by atoms with Crippen LogP contribution in [0.1, 0.15) is 17.3 Å². The number of urea groups is 1. The number of pyridine rings is 1. The van der Waals surface area contributed by atoms with Gasteiger partial charge in [-0.3, -0.25) is 4.98 Å². The first-order chi connectivity index (χ1) is 9.24. The van der Waals surface area contributed by atoms with E-state index in [0.29, 0.717) is 31.2 Å². The van der Waals surface area contributed by atoms with Crippen molar-refractivity contribution in [2.24, 2.45) is 0 Å². The zero-order valence-corrected chi connectivity index (χ0v) is 10.6. The van der Waals surface area contributed by atoms with Crippen LogP contribution in [0.15, 0.2) is 29.0 Å². The number of aromatic nitrogens is 3. The molecular weight excluding hydrogens is 246 g/mol. The smallest absolute Gasteiger partial charge is 0.315 e. The zero-order valence-electron chi connectivity index (χ0n) is 10.6. The Morgan fingerprint density at radius 2 is 2.32 bits per heavy atom. The van der Waals surface area contributed by atoms with Gasteiger partial charge in [0.1, 0.15) is 0 Å². The topological polar surface area (TPSA) is 92.9 Å². The van der Waals surface area contributed by atoms with Gasteiger partial charge in [0, 0.05) is 31.9 Å². The van der Waals surface area contributed by atoms with Gasteiger partial charge in [-0.1, -0.05) is 11.2 Å². The van der Waals surface area contributed by atoms with E-state index < -0.39 is 0 Å². The van der Waals surface area contributed by atoms with Gasteiger partial charge in [0.15, 0.2) is 5.82 Å². The van der Waals surface area contributed by atoms with Crippen molar-refractivity contribution in [1.29, 1.82) is 0 Å². The Bertz CT molecular complexity index is 526. The van der Waals surface area contributed by atoms with Crippen LogP contribution < -0.4 is 10.6 Å². The van der Waals surface area contributed by atoms with Crippen molar-refractivity contribution < 1.29 is 9.32 Å². The predicted molar refractivity (Wildman–Crippen MR) is 67.2 cm³/mol. The van der Waals surface area contributed by atoms with E-state index in [2.05, 4.69) is 25.8 Å². The Morgan fingerprint density at radius 3 is 3.00 bits per heavy atom. The molecule has 2 N–H and O–H groups in total. The quantitative estimate of drug-likeness (QED) is 0.831. The highest BCUT2D eigenvalue weighted by Crippen LogP contribution is 1.96. The van der Waals surface area contributed by atoms with Crippen LogP contribution in [0.5, 0.6) is 0 Å². The number of carbonyl (C=O) groups excluding carboxylic acids is 1. The van der Waals surface area contributed by atoms with Crippen LogP contribution in [0.3, 0.4) is 0 Å². The first-order valence-electron chi connectivity index (χ1n) is 5.94. The predicted octanol–water partition coefficient (Wildman–Crippen LogP) is 0.815. The fourth-order valence-corrected chi connectivity index (χ4v) is 1.47. The monoisotopic (exact) mass is 261 g/mol. The molecule has 2 aromatic rings. The van der Waals surface area contributed by atoms with Gasteiger partial charge in [-0.05, 0) is 18.6 Å². The van der Waals surface area contributed by atoms with Gasteiger partial charge in [-0.25, -0.2) is 4.79 Å². The Hall–Kier alpha value is -2.44. The largest absolute Gasteiger partial charge is 0.339 e. The average molecular weight is 261 g/mol. The summed E-state index contributed by atoms with van der Waals surface area (Å²) in [4.78, 5) is 19.5. The van der Waals surface area contributed by atoms with Crippen LogP contribution in [0.2, 0.25) is 0 Å². The molecule has 2 aromatic heterocycles. The van der Waals surface area contributed by atoms with Gasteiger partial charge < -0.3 is 15.2 Å². The number of amides is 2. The molecule has 0 bridgehead atoms. The van der Waals surface area contributed by atoms with Crippen LogP contribution in [0.25, 0.3) is 0 Å². The third-order valence-corrected chi connectivity index (χ3v) is 2.37. The van der Waals surface area contributed by atoms with Crippen molar-refractivity contribution in [1.82, 2.24) is 25.8 Å². The molecule has 2 heterocycles. The Morgan fingerprint density at radius 1 is 1.42 bits per heavy atom. The number of rotatable bonds is 5. The highest BCUT2D eigenvalue weighted by molar-refractivity contribution is 5.73. The van der Waals surface area contributed by atoms with Gasteiger partial charge in [0.25, 0.3) is 0 Å². The molecule has 0 aliphatic carbocycles. The minimum Gasteiger partial charge on any atom is -0.339 e. The van der Waals surface area contributed by atoms with Crippen LogP contribution in [0.4, 0.5) is 4.79 Å². The molecule has 0 aliphatic rings. The Balaban J connectivity index is 1.65. The molecule has 0 radical (unpaired) electrons. The summed E-state index contributed by atoms with van der Waals surface area (Å²) in [5, 5.41) is 9.12. The highest BCUT2D eigenvalue weighted by Gasteiger charge is 2.04. The molecule has 0 spiro atoms. The van der Waals surface area contributed by atoms with E-state index in [1.165, 1.54) is 0 Å². The molecule has 0 saturated carbocycles. The lowest BCUT2D eigenvalue weighted by atomic mass is 10.3. The summed E-state index contributed by atoms with van der Waals surface area (Å²) in [7, 11) is 0. The normalized spacial score (nSPS) is 10.2. The summed E-state index contributed by atoms with van der Waals surface area (Å²) in [5.41, 5.74) is 0.949. The van der Waals surface area contributed by atoms with E-state index >= 15 is 0 Å². The zero-order chi connectivity index (χ0) is 13.5. The summed E-state index contributed by atoms with van der Waals surface area (Å²) in [6.45, 7) is 2.64. The number of hydrogen-bond acceptors (Lipinski definition) is 5. The van der Waals surface area contributed by atoms with Crippen molar-refractivity contribution in [3.05, 3.63) is 41.8 Å². The summed E-state index contributed by atoms with van der Waals surface area (Å²) in [5.74, 6) is 1.11. The molecule has 0 aromatic carbocycles. The molecule has 0 atom stereocenters. The number of aryl methyl sites for hydroxylation is 1. The standard InChI is InChI=1S/C12H15N5O2/c1-9-16-11(19-17-9)4-6-14-12(18)15-8-10-3-2-5-13-7-10/h2-3,5,7H,4,6,8H2,1H3,(H2,14,15,18). The van der Waals surface area contributed by atoms with Crippen LogP contribution >= 0.6 is 0 Å². The first-order valence-corrected chi connectivity index (χ1v) is 5.94. The second-order valence-corrected chi connectivity index (χ2v) is 3.96. The number of carbonyl (C=O) groups is 1. The molecule has 0 fully saturated rings. The van der Waals surface area contributed by atoms with Crippen molar-refractivity contribution in [3.8, 4) is 0 Å². The number of nitrogens with zero attached hydrogens (tertiary/aromatic N) is 3. The molecular formula is C12H15N5O2. The van der Waals surface area contributed by atoms with Crippen LogP contribution in [-0.4, -0.2) is 27.7 Å². The molecule has 0 unspecified atom stereocenters. The lowest BCUT2D eigenvalue weighted by molar-refractivity contribution is 0.240. The van der Waals surface area contributed by atoms with Gasteiger partial charge in [0.2, 0.25) is 5.89 Å². The van der Waals surface area contributed by atoms with Crippen LogP contribution in [-0.2, 0) is 13.0 Å². The molecule has 0 saturated heterocycles. The van der Waals surface area contributed by atoms with E-state index in [1.807, 2.05) is 12.1 Å². The average Bonchev–Trinajstić information content (AvgIpc) is 2.83. The maximum absolute atomic E-state index is 11.5. The fourth-order valence-electron chi connectivity index (χ4n) is 1.47. The summed E-state index contributed by atoms with van der Waals surface area (Å²) >= 11 is 0. The molecule has 19 heavy (non-hydrogen) atoms. The minimum atomic E-state index is -0.236. The van der Waals surface area contributed by atoms with Gasteiger partial charge >= 0.3 is 6.03 Å². The third kappa shape index (κ3) is 4.38. The van der Waals surface area contributed by atoms with Gasteiger partial charge in [-0.15, -0.1) is 0 Å². The summed E-state index contributed by atoms with van der Waals surface area (Å²) in [6.07, 6.45) is 3.92.